The fourth-order valence-electron chi connectivity index (χ4n) is 1.80. The molecule has 3 nitrogen and oxygen atoms in total. The Balaban J connectivity index is 2.54. The normalized spacial score (nSPS) is 11.0. The SMILES string of the molecule is CC(C)Cc1nc(-c2ccccc2Cl)nc(N)c1I. The Labute approximate surface area is 131 Å². The molecule has 1 aromatic carbocycles. The van der Waals surface area contributed by atoms with Crippen LogP contribution in [0.5, 0.6) is 0 Å². The van der Waals surface area contributed by atoms with Gasteiger partial charge in [-0.05, 0) is 47.1 Å². The van der Waals surface area contributed by atoms with Crippen molar-refractivity contribution in [1.82, 2.24) is 9.97 Å². The zero-order chi connectivity index (χ0) is 14.0. The molecule has 5 heteroatoms. The van der Waals surface area contributed by atoms with E-state index in [-0.39, 0.29) is 0 Å². The van der Waals surface area contributed by atoms with Crippen LogP contribution >= 0.6 is 34.2 Å². The van der Waals surface area contributed by atoms with Crippen molar-refractivity contribution >= 4 is 40.0 Å². The number of anilines is 1. The van der Waals surface area contributed by atoms with Crippen LogP contribution < -0.4 is 5.73 Å². The lowest BCUT2D eigenvalue weighted by Gasteiger charge is -2.11. The molecule has 2 rings (SSSR count). The number of hydrogen-bond acceptors (Lipinski definition) is 3. The summed E-state index contributed by atoms with van der Waals surface area (Å²) in [7, 11) is 0. The first-order chi connectivity index (χ1) is 8.99. The van der Waals surface area contributed by atoms with Gasteiger partial charge in [-0.15, -0.1) is 0 Å². The molecule has 0 atom stereocenters. The Hall–Kier alpha value is -0.880. The van der Waals surface area contributed by atoms with Gasteiger partial charge in [0.1, 0.15) is 5.82 Å². The molecule has 2 N–H and O–H groups in total. The van der Waals surface area contributed by atoms with E-state index < -0.39 is 0 Å². The molecule has 1 aromatic heterocycles. The summed E-state index contributed by atoms with van der Waals surface area (Å²) in [5.74, 6) is 1.63. The maximum absolute atomic E-state index is 6.19. The third kappa shape index (κ3) is 3.36. The molecule has 0 amide bonds. The predicted molar refractivity (Wildman–Crippen MR) is 88.1 cm³/mol. The second-order valence-electron chi connectivity index (χ2n) is 4.77. The van der Waals surface area contributed by atoms with Gasteiger partial charge in [-0.25, -0.2) is 9.97 Å². The minimum absolute atomic E-state index is 0.515. The highest BCUT2D eigenvalue weighted by Crippen LogP contribution is 2.28. The van der Waals surface area contributed by atoms with E-state index in [1.807, 2.05) is 24.3 Å². The molecule has 0 saturated carbocycles. The lowest BCUT2D eigenvalue weighted by molar-refractivity contribution is 0.632. The molecule has 0 radical (unpaired) electrons. The smallest absolute Gasteiger partial charge is 0.163 e. The molecule has 100 valence electrons. The summed E-state index contributed by atoms with van der Waals surface area (Å²) in [6, 6.07) is 7.54. The first-order valence-corrected chi connectivity index (χ1v) is 7.51. The number of halogens is 2. The molecule has 2 aromatic rings. The van der Waals surface area contributed by atoms with Crippen molar-refractivity contribution in [2.45, 2.75) is 20.3 Å². The molecule has 0 aliphatic heterocycles. The molecule has 19 heavy (non-hydrogen) atoms. The van der Waals surface area contributed by atoms with Crippen molar-refractivity contribution in [3.05, 3.63) is 38.6 Å². The summed E-state index contributed by atoms with van der Waals surface area (Å²) in [5.41, 5.74) is 7.78. The van der Waals surface area contributed by atoms with Gasteiger partial charge in [0, 0.05) is 5.56 Å². The molecule has 0 fully saturated rings. The standard InChI is InChI=1S/C14H15ClIN3/c1-8(2)7-11-12(16)13(17)19-14(18-11)9-5-3-4-6-10(9)15/h3-6,8H,7H2,1-2H3,(H2,17,18,19). The van der Waals surface area contributed by atoms with E-state index in [1.165, 1.54) is 0 Å². The van der Waals surface area contributed by atoms with Crippen LogP contribution in [-0.2, 0) is 6.42 Å². The van der Waals surface area contributed by atoms with E-state index in [0.717, 1.165) is 21.2 Å². The van der Waals surface area contributed by atoms with Crippen LogP contribution in [0.1, 0.15) is 19.5 Å². The summed E-state index contributed by atoms with van der Waals surface area (Å²) in [6.07, 6.45) is 0.877. The Morgan fingerprint density at radius 1 is 1.26 bits per heavy atom. The topological polar surface area (TPSA) is 51.8 Å². The highest BCUT2D eigenvalue weighted by molar-refractivity contribution is 14.1. The predicted octanol–water partition coefficient (Wildman–Crippen LogP) is 4.18. The van der Waals surface area contributed by atoms with Crippen molar-refractivity contribution in [1.29, 1.82) is 0 Å². The van der Waals surface area contributed by atoms with E-state index in [2.05, 4.69) is 46.4 Å². The monoisotopic (exact) mass is 387 g/mol. The molecule has 0 unspecified atom stereocenters. The van der Waals surface area contributed by atoms with Crippen molar-refractivity contribution in [3.63, 3.8) is 0 Å². The third-order valence-electron chi connectivity index (χ3n) is 2.66. The Kier molecular flexibility index (Phi) is 4.62. The number of benzene rings is 1. The fourth-order valence-corrected chi connectivity index (χ4v) is 2.48. The van der Waals surface area contributed by atoms with Crippen LogP contribution in [0, 0.1) is 9.49 Å². The maximum Gasteiger partial charge on any atom is 0.163 e. The minimum Gasteiger partial charge on any atom is -0.383 e. The van der Waals surface area contributed by atoms with E-state index in [4.69, 9.17) is 17.3 Å². The van der Waals surface area contributed by atoms with Crippen molar-refractivity contribution in [3.8, 4) is 11.4 Å². The Morgan fingerprint density at radius 2 is 1.95 bits per heavy atom. The van der Waals surface area contributed by atoms with E-state index in [9.17, 15) is 0 Å². The van der Waals surface area contributed by atoms with Crippen LogP contribution in [0.3, 0.4) is 0 Å². The van der Waals surface area contributed by atoms with Crippen LogP contribution in [0.15, 0.2) is 24.3 Å². The molecular weight excluding hydrogens is 373 g/mol. The molecule has 0 aliphatic rings. The van der Waals surface area contributed by atoms with Gasteiger partial charge in [0.15, 0.2) is 5.82 Å². The summed E-state index contributed by atoms with van der Waals surface area (Å²) in [4.78, 5) is 8.97. The molecule has 0 saturated heterocycles. The molecule has 0 aliphatic carbocycles. The summed E-state index contributed by atoms with van der Waals surface area (Å²) in [5, 5.41) is 0.638. The second-order valence-corrected chi connectivity index (χ2v) is 6.26. The quantitative estimate of drug-likeness (QED) is 0.804. The number of hydrogen-bond donors (Lipinski definition) is 1. The van der Waals surface area contributed by atoms with Gasteiger partial charge in [0.2, 0.25) is 0 Å². The maximum atomic E-state index is 6.19. The lowest BCUT2D eigenvalue weighted by Crippen LogP contribution is -2.07. The first-order valence-electron chi connectivity index (χ1n) is 6.05. The highest BCUT2D eigenvalue weighted by atomic mass is 127. The number of nitrogen functional groups attached to an aromatic ring is 1. The molecular formula is C14H15ClIN3. The summed E-state index contributed by atoms with van der Waals surface area (Å²) < 4.78 is 0.933. The Morgan fingerprint density at radius 3 is 2.58 bits per heavy atom. The van der Waals surface area contributed by atoms with E-state index in [1.54, 1.807) is 0 Å². The van der Waals surface area contributed by atoms with Gasteiger partial charge < -0.3 is 5.73 Å². The molecule has 0 bridgehead atoms. The van der Waals surface area contributed by atoms with E-state index >= 15 is 0 Å². The number of aromatic nitrogens is 2. The van der Waals surface area contributed by atoms with Crippen molar-refractivity contribution < 1.29 is 0 Å². The third-order valence-corrected chi connectivity index (χ3v) is 4.17. The van der Waals surface area contributed by atoms with Gasteiger partial charge in [-0.3, -0.25) is 0 Å². The average Bonchev–Trinajstić information content (AvgIpc) is 2.35. The summed E-state index contributed by atoms with van der Waals surface area (Å²) in [6.45, 7) is 4.31. The zero-order valence-electron chi connectivity index (χ0n) is 10.8. The second kappa shape index (κ2) is 6.05. The van der Waals surface area contributed by atoms with Crippen LogP contribution in [0.25, 0.3) is 11.4 Å². The average molecular weight is 388 g/mol. The number of nitrogens with zero attached hydrogens (tertiary/aromatic N) is 2. The lowest BCUT2D eigenvalue weighted by atomic mass is 10.1. The molecule has 0 spiro atoms. The van der Waals surface area contributed by atoms with Gasteiger partial charge in [0.05, 0.1) is 14.3 Å². The van der Waals surface area contributed by atoms with Crippen LogP contribution in [-0.4, -0.2) is 9.97 Å². The van der Waals surface area contributed by atoms with Crippen LogP contribution in [0.4, 0.5) is 5.82 Å². The first kappa shape index (κ1) is 14.5. The van der Waals surface area contributed by atoms with Crippen molar-refractivity contribution in [2.75, 3.05) is 5.73 Å². The molecule has 1 heterocycles. The number of nitrogens with two attached hydrogens (primary N) is 1. The largest absolute Gasteiger partial charge is 0.383 e. The number of rotatable bonds is 3. The summed E-state index contributed by atoms with van der Waals surface area (Å²) >= 11 is 8.39. The zero-order valence-corrected chi connectivity index (χ0v) is 13.7. The van der Waals surface area contributed by atoms with E-state index in [0.29, 0.717) is 22.6 Å². The van der Waals surface area contributed by atoms with Crippen LogP contribution in [0.2, 0.25) is 5.02 Å². The van der Waals surface area contributed by atoms with Gasteiger partial charge >= 0.3 is 0 Å². The fraction of sp³-hybridized carbons (Fsp3) is 0.286. The van der Waals surface area contributed by atoms with Gasteiger partial charge in [0.25, 0.3) is 0 Å². The van der Waals surface area contributed by atoms with Gasteiger partial charge in [-0.1, -0.05) is 37.6 Å². The minimum atomic E-state index is 0.515. The highest BCUT2D eigenvalue weighted by Gasteiger charge is 2.14. The van der Waals surface area contributed by atoms with Crippen molar-refractivity contribution in [2.24, 2.45) is 5.92 Å². The van der Waals surface area contributed by atoms with Gasteiger partial charge in [-0.2, -0.15) is 0 Å². The Bertz CT molecular complexity index is 599.